The van der Waals surface area contributed by atoms with Crippen LogP contribution < -0.4 is 16.6 Å². The fourth-order valence-corrected chi connectivity index (χ4v) is 2.29. The Kier molecular flexibility index (Phi) is 6.48. The van der Waals surface area contributed by atoms with Crippen molar-refractivity contribution in [1.82, 2.24) is 14.9 Å². The number of H-pyrrole nitrogens is 1. The van der Waals surface area contributed by atoms with Gasteiger partial charge < -0.3 is 10.1 Å². The Morgan fingerprint density at radius 1 is 1.15 bits per heavy atom. The van der Waals surface area contributed by atoms with E-state index in [1.54, 1.807) is 0 Å². The first kappa shape index (κ1) is 19.2. The van der Waals surface area contributed by atoms with E-state index in [0.717, 1.165) is 16.2 Å². The molecule has 8 nitrogen and oxygen atoms in total. The van der Waals surface area contributed by atoms with Crippen LogP contribution in [0.5, 0.6) is 0 Å². The highest BCUT2D eigenvalue weighted by Crippen LogP contribution is 2.13. The Morgan fingerprint density at radius 3 is 2.50 bits per heavy atom. The number of hydrogen-bond donors (Lipinski definition) is 2. The zero-order chi connectivity index (χ0) is 19.1. The van der Waals surface area contributed by atoms with Crippen LogP contribution in [0.1, 0.15) is 25.3 Å². The molecule has 1 aromatic heterocycles. The number of nitrogens with one attached hydrogen (secondary N) is 2. The molecule has 26 heavy (non-hydrogen) atoms. The van der Waals surface area contributed by atoms with Crippen LogP contribution in [0.4, 0.5) is 0 Å². The minimum absolute atomic E-state index is 0.114. The maximum atomic E-state index is 12.1. The number of rotatable bonds is 7. The molecule has 1 aromatic carbocycles. The summed E-state index contributed by atoms with van der Waals surface area (Å²) < 4.78 is 6.03. The molecule has 2 N–H and O–H groups in total. The number of hydrogen-bond acceptors (Lipinski definition) is 5. The second-order valence-corrected chi connectivity index (χ2v) is 5.93. The van der Waals surface area contributed by atoms with Gasteiger partial charge in [-0.3, -0.25) is 23.9 Å². The van der Waals surface area contributed by atoms with Crippen LogP contribution in [0.15, 0.2) is 52.2 Å². The second-order valence-electron chi connectivity index (χ2n) is 5.93. The summed E-state index contributed by atoms with van der Waals surface area (Å²) in [6, 6.07) is 10.8. The standard InChI is InChI=1S/C18H21N3O5/c1-12(14-6-4-3-5-7-14)10-19-17(24)13(2)26-16(23)11-21-9-8-15(22)20-18(21)25/h3-9,12-13H,10-11H2,1-2H3,(H,19,24)(H,20,22,25)/t12-,13+/m1/s1. The molecule has 1 amide bonds. The van der Waals surface area contributed by atoms with E-state index < -0.39 is 35.8 Å². The molecule has 0 saturated carbocycles. The molecule has 0 bridgehead atoms. The Balaban J connectivity index is 1.83. The third kappa shape index (κ3) is 5.44. The number of amides is 1. The quantitative estimate of drug-likeness (QED) is 0.695. The van der Waals surface area contributed by atoms with Gasteiger partial charge in [-0.05, 0) is 18.4 Å². The lowest BCUT2D eigenvalue weighted by atomic mass is 10.0. The van der Waals surface area contributed by atoms with Gasteiger partial charge in [0.1, 0.15) is 6.54 Å². The highest BCUT2D eigenvalue weighted by atomic mass is 16.5. The van der Waals surface area contributed by atoms with E-state index >= 15 is 0 Å². The van der Waals surface area contributed by atoms with E-state index in [9.17, 15) is 19.2 Å². The molecule has 8 heteroatoms. The molecule has 2 rings (SSSR count). The van der Waals surface area contributed by atoms with Gasteiger partial charge in [0, 0.05) is 18.8 Å². The molecule has 138 valence electrons. The normalized spacial score (nSPS) is 12.8. The van der Waals surface area contributed by atoms with Gasteiger partial charge in [0.25, 0.3) is 11.5 Å². The number of ether oxygens (including phenoxy) is 1. The Morgan fingerprint density at radius 2 is 1.85 bits per heavy atom. The summed E-state index contributed by atoms with van der Waals surface area (Å²) in [6.45, 7) is 3.45. The number of carbonyl (C=O) groups is 2. The lowest BCUT2D eigenvalue weighted by Gasteiger charge is -2.17. The average molecular weight is 359 g/mol. The van der Waals surface area contributed by atoms with Crippen LogP contribution in [0, 0.1) is 0 Å². The van der Waals surface area contributed by atoms with Gasteiger partial charge in [0.2, 0.25) is 0 Å². The lowest BCUT2D eigenvalue weighted by molar-refractivity contribution is -0.155. The molecule has 0 fully saturated rings. The Bertz CT molecular complexity index is 872. The van der Waals surface area contributed by atoms with Crippen molar-refractivity contribution >= 4 is 11.9 Å². The first-order valence-corrected chi connectivity index (χ1v) is 8.18. The zero-order valence-corrected chi connectivity index (χ0v) is 14.6. The molecule has 1 heterocycles. The zero-order valence-electron chi connectivity index (χ0n) is 14.6. The van der Waals surface area contributed by atoms with Crippen molar-refractivity contribution in [3.05, 3.63) is 69.0 Å². The molecule has 0 spiro atoms. The fourth-order valence-electron chi connectivity index (χ4n) is 2.29. The number of benzene rings is 1. The molecule has 0 aliphatic carbocycles. The second kappa shape index (κ2) is 8.80. The van der Waals surface area contributed by atoms with Crippen LogP contribution in [-0.2, 0) is 20.9 Å². The van der Waals surface area contributed by atoms with Gasteiger partial charge in [-0.15, -0.1) is 0 Å². The SMILES string of the molecule is C[C@H](OC(=O)Cn1ccc(=O)[nH]c1=O)C(=O)NC[C@@H](C)c1ccccc1. The first-order valence-electron chi connectivity index (χ1n) is 8.18. The summed E-state index contributed by atoms with van der Waals surface area (Å²) in [4.78, 5) is 48.5. The van der Waals surface area contributed by atoms with Crippen molar-refractivity contribution < 1.29 is 14.3 Å². The van der Waals surface area contributed by atoms with Crippen molar-refractivity contribution in [2.24, 2.45) is 0 Å². The van der Waals surface area contributed by atoms with Crippen molar-refractivity contribution in [1.29, 1.82) is 0 Å². The highest BCUT2D eigenvalue weighted by Gasteiger charge is 2.19. The largest absolute Gasteiger partial charge is 0.451 e. The Labute approximate surface area is 149 Å². The molecule has 0 unspecified atom stereocenters. The van der Waals surface area contributed by atoms with E-state index in [1.807, 2.05) is 42.2 Å². The van der Waals surface area contributed by atoms with Crippen LogP contribution in [0.3, 0.4) is 0 Å². The van der Waals surface area contributed by atoms with Gasteiger partial charge in [-0.25, -0.2) is 4.79 Å². The minimum Gasteiger partial charge on any atom is -0.451 e. The van der Waals surface area contributed by atoms with E-state index in [0.29, 0.717) is 6.54 Å². The van der Waals surface area contributed by atoms with Gasteiger partial charge >= 0.3 is 11.7 Å². The topological polar surface area (TPSA) is 110 Å². The first-order chi connectivity index (χ1) is 12.4. The lowest BCUT2D eigenvalue weighted by Crippen LogP contribution is -2.39. The maximum Gasteiger partial charge on any atom is 0.328 e. The van der Waals surface area contributed by atoms with Crippen LogP contribution >= 0.6 is 0 Å². The summed E-state index contributed by atoms with van der Waals surface area (Å²) >= 11 is 0. The summed E-state index contributed by atoms with van der Waals surface area (Å²) in [5, 5.41) is 2.74. The molecule has 2 atom stereocenters. The van der Waals surface area contributed by atoms with Crippen LogP contribution in [0.2, 0.25) is 0 Å². The van der Waals surface area contributed by atoms with E-state index in [2.05, 4.69) is 5.32 Å². The van der Waals surface area contributed by atoms with Gasteiger partial charge in [0.05, 0.1) is 0 Å². The minimum atomic E-state index is -0.996. The maximum absolute atomic E-state index is 12.1. The molecule has 0 aliphatic heterocycles. The molecule has 0 radical (unpaired) electrons. The van der Waals surface area contributed by atoms with Gasteiger partial charge in [-0.2, -0.15) is 0 Å². The monoisotopic (exact) mass is 359 g/mol. The predicted molar refractivity (Wildman–Crippen MR) is 94.7 cm³/mol. The number of esters is 1. The third-order valence-corrected chi connectivity index (χ3v) is 3.82. The average Bonchev–Trinajstić information content (AvgIpc) is 2.62. The Hall–Kier alpha value is -3.16. The van der Waals surface area contributed by atoms with Crippen molar-refractivity contribution in [2.45, 2.75) is 32.4 Å². The number of carbonyl (C=O) groups excluding carboxylic acids is 2. The van der Waals surface area contributed by atoms with Gasteiger partial charge in [0.15, 0.2) is 6.10 Å². The molecule has 0 aliphatic rings. The van der Waals surface area contributed by atoms with Crippen LogP contribution in [0.25, 0.3) is 0 Å². The number of aromatic nitrogens is 2. The summed E-state index contributed by atoms with van der Waals surface area (Å²) in [5.41, 5.74) is -0.182. The predicted octanol–water partition coefficient (Wildman–Crippen LogP) is 0.388. The van der Waals surface area contributed by atoms with Crippen LogP contribution in [-0.4, -0.2) is 34.1 Å². The molecule has 0 saturated heterocycles. The summed E-state index contributed by atoms with van der Waals surface area (Å²) in [7, 11) is 0. The third-order valence-electron chi connectivity index (χ3n) is 3.82. The van der Waals surface area contributed by atoms with Crippen molar-refractivity contribution in [3.63, 3.8) is 0 Å². The molecule has 2 aromatic rings. The van der Waals surface area contributed by atoms with Crippen molar-refractivity contribution in [2.75, 3.05) is 6.54 Å². The number of nitrogens with zero attached hydrogens (tertiary/aromatic N) is 1. The number of aromatic amines is 1. The smallest absolute Gasteiger partial charge is 0.328 e. The highest BCUT2D eigenvalue weighted by molar-refractivity contribution is 5.83. The van der Waals surface area contributed by atoms with E-state index in [-0.39, 0.29) is 5.92 Å². The fraction of sp³-hybridized carbons (Fsp3) is 0.333. The van der Waals surface area contributed by atoms with E-state index in [4.69, 9.17) is 4.74 Å². The summed E-state index contributed by atoms with van der Waals surface area (Å²) in [5.74, 6) is -1.06. The van der Waals surface area contributed by atoms with Gasteiger partial charge in [-0.1, -0.05) is 37.3 Å². The molecular weight excluding hydrogens is 338 g/mol. The summed E-state index contributed by atoms with van der Waals surface area (Å²) in [6.07, 6.45) is 0.193. The molecular formula is C18H21N3O5. The van der Waals surface area contributed by atoms with E-state index in [1.165, 1.54) is 13.1 Å². The van der Waals surface area contributed by atoms with Crippen molar-refractivity contribution in [3.8, 4) is 0 Å².